The second-order valence-corrected chi connectivity index (χ2v) is 6.96. The lowest BCUT2D eigenvalue weighted by molar-refractivity contribution is -0.139. The predicted octanol–water partition coefficient (Wildman–Crippen LogP) is 1.71. The van der Waals surface area contributed by atoms with Crippen molar-refractivity contribution in [3.05, 3.63) is 0 Å². The van der Waals surface area contributed by atoms with Gasteiger partial charge in [-0.1, -0.05) is 20.3 Å². The summed E-state index contributed by atoms with van der Waals surface area (Å²) in [5, 5.41) is 0. The van der Waals surface area contributed by atoms with Gasteiger partial charge >= 0.3 is 0 Å². The van der Waals surface area contributed by atoms with Gasteiger partial charge in [0.1, 0.15) is 0 Å². The molecular weight excluding hydrogens is 290 g/mol. The van der Waals surface area contributed by atoms with Gasteiger partial charge in [0.2, 0.25) is 5.91 Å². The van der Waals surface area contributed by atoms with Gasteiger partial charge in [-0.25, -0.2) is 0 Å². The van der Waals surface area contributed by atoms with Crippen molar-refractivity contribution in [2.75, 3.05) is 45.9 Å². The average Bonchev–Trinajstić information content (AvgIpc) is 3.07. The fraction of sp³-hybridized carbons (Fsp3) is 0.944. The molecule has 1 heterocycles. The zero-order valence-electron chi connectivity index (χ0n) is 15.0. The van der Waals surface area contributed by atoms with Crippen molar-refractivity contribution < 1.29 is 9.53 Å². The standard InChI is InChI=1S/C18H35N3O2/c1-3-20(4-2)12-13-23-16-8-10-21(11-9-16)18(22)17-7-5-6-15(17)14-19/h15-17H,3-14,19H2,1-2H3/t15-,17-/m1/s1. The van der Waals surface area contributed by atoms with Crippen molar-refractivity contribution in [2.45, 2.75) is 52.1 Å². The van der Waals surface area contributed by atoms with Crippen LogP contribution >= 0.6 is 0 Å². The fourth-order valence-corrected chi connectivity index (χ4v) is 4.01. The number of likely N-dealkylation sites (tertiary alicyclic amines) is 1. The second kappa shape index (κ2) is 9.60. The molecule has 0 radical (unpaired) electrons. The Bertz CT molecular complexity index is 352. The van der Waals surface area contributed by atoms with Gasteiger partial charge in [-0.15, -0.1) is 0 Å². The Kier molecular flexibility index (Phi) is 7.80. The fourth-order valence-electron chi connectivity index (χ4n) is 4.01. The Labute approximate surface area is 141 Å². The number of carbonyl (C=O) groups is 1. The number of likely N-dealkylation sites (N-methyl/N-ethyl adjacent to an activating group) is 1. The molecule has 134 valence electrons. The van der Waals surface area contributed by atoms with Crippen LogP contribution in [0.4, 0.5) is 0 Å². The summed E-state index contributed by atoms with van der Waals surface area (Å²) in [5.74, 6) is 0.935. The zero-order chi connectivity index (χ0) is 16.7. The topological polar surface area (TPSA) is 58.8 Å². The first-order valence-corrected chi connectivity index (χ1v) is 9.52. The molecule has 2 aliphatic rings. The highest BCUT2D eigenvalue weighted by Gasteiger charge is 2.35. The highest BCUT2D eigenvalue weighted by molar-refractivity contribution is 5.79. The maximum Gasteiger partial charge on any atom is 0.226 e. The molecule has 0 aromatic heterocycles. The minimum Gasteiger partial charge on any atom is -0.377 e. The Balaban J connectivity index is 1.68. The molecule has 2 N–H and O–H groups in total. The number of carbonyl (C=O) groups excluding carboxylic acids is 1. The maximum atomic E-state index is 12.7. The number of ether oxygens (including phenoxy) is 1. The van der Waals surface area contributed by atoms with Crippen molar-refractivity contribution in [1.29, 1.82) is 0 Å². The van der Waals surface area contributed by atoms with Gasteiger partial charge in [0.15, 0.2) is 0 Å². The van der Waals surface area contributed by atoms with Crippen LogP contribution in [0.25, 0.3) is 0 Å². The minimum absolute atomic E-state index is 0.181. The number of nitrogens with zero attached hydrogens (tertiary/aromatic N) is 2. The van der Waals surface area contributed by atoms with E-state index in [2.05, 4.69) is 23.6 Å². The summed E-state index contributed by atoms with van der Waals surface area (Å²) in [6.45, 7) is 10.7. The molecule has 2 rings (SSSR count). The molecule has 0 aromatic carbocycles. The maximum absolute atomic E-state index is 12.7. The van der Waals surface area contributed by atoms with Crippen LogP contribution in [-0.2, 0) is 9.53 Å². The van der Waals surface area contributed by atoms with Crippen LogP contribution in [0.2, 0.25) is 0 Å². The van der Waals surface area contributed by atoms with Crippen molar-refractivity contribution in [1.82, 2.24) is 9.80 Å². The molecule has 1 saturated heterocycles. The lowest BCUT2D eigenvalue weighted by Crippen LogP contribution is -2.45. The van der Waals surface area contributed by atoms with E-state index in [9.17, 15) is 4.79 Å². The summed E-state index contributed by atoms with van der Waals surface area (Å²) >= 11 is 0. The quantitative estimate of drug-likeness (QED) is 0.738. The molecule has 1 amide bonds. The number of piperidine rings is 1. The van der Waals surface area contributed by atoms with E-state index in [1.807, 2.05) is 0 Å². The number of hydrogen-bond donors (Lipinski definition) is 1. The summed E-state index contributed by atoms with van der Waals surface area (Å²) < 4.78 is 6.01. The van der Waals surface area contributed by atoms with Crippen LogP contribution < -0.4 is 5.73 Å². The molecule has 1 saturated carbocycles. The third-order valence-corrected chi connectivity index (χ3v) is 5.69. The lowest BCUT2D eigenvalue weighted by Gasteiger charge is -2.34. The smallest absolute Gasteiger partial charge is 0.226 e. The average molecular weight is 325 g/mol. The third-order valence-electron chi connectivity index (χ3n) is 5.69. The first-order valence-electron chi connectivity index (χ1n) is 9.52. The van der Waals surface area contributed by atoms with Gasteiger partial charge in [0.25, 0.3) is 0 Å². The lowest BCUT2D eigenvalue weighted by atomic mass is 9.93. The number of rotatable bonds is 8. The van der Waals surface area contributed by atoms with Gasteiger partial charge in [0.05, 0.1) is 12.7 Å². The van der Waals surface area contributed by atoms with E-state index in [4.69, 9.17) is 10.5 Å². The van der Waals surface area contributed by atoms with Crippen molar-refractivity contribution in [3.63, 3.8) is 0 Å². The van der Waals surface area contributed by atoms with Gasteiger partial charge in [-0.2, -0.15) is 0 Å². The van der Waals surface area contributed by atoms with Crippen LogP contribution in [0.15, 0.2) is 0 Å². The van der Waals surface area contributed by atoms with Crippen molar-refractivity contribution in [2.24, 2.45) is 17.6 Å². The van der Waals surface area contributed by atoms with E-state index in [0.29, 0.717) is 24.5 Å². The molecule has 23 heavy (non-hydrogen) atoms. The molecule has 1 aliphatic carbocycles. The SMILES string of the molecule is CCN(CC)CCOC1CCN(C(=O)[C@@H]2CCC[C@@H]2CN)CC1. The Hall–Kier alpha value is -0.650. The molecule has 5 nitrogen and oxygen atoms in total. The second-order valence-electron chi connectivity index (χ2n) is 6.96. The van der Waals surface area contributed by atoms with E-state index in [1.165, 1.54) is 0 Å². The van der Waals surface area contributed by atoms with E-state index >= 15 is 0 Å². The summed E-state index contributed by atoms with van der Waals surface area (Å²) in [7, 11) is 0. The summed E-state index contributed by atoms with van der Waals surface area (Å²) in [5.41, 5.74) is 5.82. The van der Waals surface area contributed by atoms with E-state index in [0.717, 1.165) is 71.4 Å². The number of amides is 1. The van der Waals surface area contributed by atoms with Crippen LogP contribution in [0, 0.1) is 11.8 Å². The summed E-state index contributed by atoms with van der Waals surface area (Å²) in [4.78, 5) is 17.1. The Morgan fingerprint density at radius 3 is 2.48 bits per heavy atom. The number of hydrogen-bond acceptors (Lipinski definition) is 4. The van der Waals surface area contributed by atoms with Gasteiger partial charge < -0.3 is 20.3 Å². The van der Waals surface area contributed by atoms with Gasteiger partial charge in [-0.3, -0.25) is 4.79 Å². The normalized spacial score (nSPS) is 26.2. The first kappa shape index (κ1) is 18.7. The van der Waals surface area contributed by atoms with Crippen LogP contribution in [0.5, 0.6) is 0 Å². The number of nitrogens with two attached hydrogens (primary N) is 1. The molecule has 0 unspecified atom stereocenters. The monoisotopic (exact) mass is 325 g/mol. The Morgan fingerprint density at radius 1 is 1.17 bits per heavy atom. The van der Waals surface area contributed by atoms with Crippen molar-refractivity contribution in [3.8, 4) is 0 Å². The van der Waals surface area contributed by atoms with E-state index in [1.54, 1.807) is 0 Å². The van der Waals surface area contributed by atoms with Crippen LogP contribution in [-0.4, -0.2) is 67.7 Å². The zero-order valence-corrected chi connectivity index (χ0v) is 15.0. The molecule has 1 aliphatic heterocycles. The summed E-state index contributed by atoms with van der Waals surface area (Å²) in [6, 6.07) is 0. The minimum atomic E-state index is 0.181. The molecular formula is C18H35N3O2. The van der Waals surface area contributed by atoms with Crippen LogP contribution in [0.3, 0.4) is 0 Å². The highest BCUT2D eigenvalue weighted by atomic mass is 16.5. The largest absolute Gasteiger partial charge is 0.377 e. The third kappa shape index (κ3) is 5.16. The van der Waals surface area contributed by atoms with Gasteiger partial charge in [0, 0.05) is 25.6 Å². The first-order chi connectivity index (χ1) is 11.2. The summed E-state index contributed by atoms with van der Waals surface area (Å²) in [6.07, 6.45) is 5.58. The van der Waals surface area contributed by atoms with E-state index in [-0.39, 0.29) is 5.92 Å². The van der Waals surface area contributed by atoms with E-state index < -0.39 is 0 Å². The molecule has 5 heteroatoms. The molecule has 0 aromatic rings. The molecule has 2 atom stereocenters. The highest BCUT2D eigenvalue weighted by Crippen LogP contribution is 2.33. The van der Waals surface area contributed by atoms with Crippen LogP contribution in [0.1, 0.15) is 46.0 Å². The molecule has 0 bridgehead atoms. The Morgan fingerprint density at radius 2 is 1.87 bits per heavy atom. The van der Waals surface area contributed by atoms with Crippen molar-refractivity contribution >= 4 is 5.91 Å². The predicted molar refractivity (Wildman–Crippen MR) is 93.2 cm³/mol. The van der Waals surface area contributed by atoms with Gasteiger partial charge in [-0.05, 0) is 51.2 Å². The molecule has 2 fully saturated rings. The molecule has 0 spiro atoms.